The smallest absolute Gasteiger partial charge is 0.417 e. The standard InChI is InChI=1S/C19H17ClN2O4/c20-15-9-5-4-8-14(15)10-17(23)21-16(13-6-2-1-3-7-13)11-22-18(24)12-26-19(22)25/h1-9,16H,10-12H2,(H,21,23). The topological polar surface area (TPSA) is 75.7 Å². The third-order valence-corrected chi connectivity index (χ3v) is 4.42. The lowest BCUT2D eigenvalue weighted by molar-refractivity contribution is -0.127. The number of imide groups is 1. The van der Waals surface area contributed by atoms with E-state index in [0.29, 0.717) is 10.6 Å². The lowest BCUT2D eigenvalue weighted by Gasteiger charge is -2.23. The van der Waals surface area contributed by atoms with Gasteiger partial charge in [0.1, 0.15) is 0 Å². The van der Waals surface area contributed by atoms with E-state index in [4.69, 9.17) is 16.3 Å². The van der Waals surface area contributed by atoms with Gasteiger partial charge in [-0.05, 0) is 17.2 Å². The van der Waals surface area contributed by atoms with Gasteiger partial charge in [0.05, 0.1) is 19.0 Å². The first kappa shape index (κ1) is 17.9. The molecule has 1 N–H and O–H groups in total. The van der Waals surface area contributed by atoms with Crippen LogP contribution in [-0.4, -0.2) is 36.0 Å². The molecule has 134 valence electrons. The first-order valence-electron chi connectivity index (χ1n) is 8.09. The van der Waals surface area contributed by atoms with Crippen LogP contribution in [0.25, 0.3) is 0 Å². The van der Waals surface area contributed by atoms with E-state index in [1.165, 1.54) is 0 Å². The average molecular weight is 373 g/mol. The SMILES string of the molecule is O=C(Cc1ccccc1Cl)NC(CN1C(=O)COC1=O)c1ccccc1. The van der Waals surface area contributed by atoms with E-state index in [1.807, 2.05) is 36.4 Å². The summed E-state index contributed by atoms with van der Waals surface area (Å²) in [6.45, 7) is -0.260. The Balaban J connectivity index is 1.75. The van der Waals surface area contributed by atoms with E-state index in [1.54, 1.807) is 18.2 Å². The molecular formula is C19H17ClN2O4. The molecule has 2 aromatic rings. The Morgan fingerprint density at radius 1 is 1.12 bits per heavy atom. The van der Waals surface area contributed by atoms with Crippen molar-refractivity contribution in [1.29, 1.82) is 0 Å². The molecule has 1 aliphatic rings. The van der Waals surface area contributed by atoms with Gasteiger partial charge in [-0.3, -0.25) is 9.59 Å². The van der Waals surface area contributed by atoms with E-state index in [2.05, 4.69) is 5.32 Å². The van der Waals surface area contributed by atoms with Crippen LogP contribution in [0.3, 0.4) is 0 Å². The van der Waals surface area contributed by atoms with Crippen molar-refractivity contribution in [3.63, 3.8) is 0 Å². The summed E-state index contributed by atoms with van der Waals surface area (Å²) in [6, 6.07) is 15.7. The van der Waals surface area contributed by atoms with Crippen LogP contribution in [0.5, 0.6) is 0 Å². The summed E-state index contributed by atoms with van der Waals surface area (Å²) in [6.07, 6.45) is -0.599. The molecule has 0 bridgehead atoms. The van der Waals surface area contributed by atoms with Crippen LogP contribution in [0.15, 0.2) is 54.6 Å². The number of nitrogens with one attached hydrogen (secondary N) is 1. The summed E-state index contributed by atoms with van der Waals surface area (Å²) in [7, 11) is 0. The summed E-state index contributed by atoms with van der Waals surface area (Å²) < 4.78 is 4.74. The van der Waals surface area contributed by atoms with Crippen molar-refractivity contribution in [2.75, 3.05) is 13.2 Å². The number of nitrogens with zero attached hydrogens (tertiary/aromatic N) is 1. The number of ether oxygens (including phenoxy) is 1. The van der Waals surface area contributed by atoms with Gasteiger partial charge < -0.3 is 10.1 Å². The highest BCUT2D eigenvalue weighted by molar-refractivity contribution is 6.31. The van der Waals surface area contributed by atoms with Crippen molar-refractivity contribution in [3.05, 3.63) is 70.7 Å². The Morgan fingerprint density at radius 2 is 1.81 bits per heavy atom. The van der Waals surface area contributed by atoms with Crippen molar-refractivity contribution < 1.29 is 19.1 Å². The van der Waals surface area contributed by atoms with Crippen LogP contribution in [0, 0.1) is 0 Å². The molecule has 1 heterocycles. The first-order chi connectivity index (χ1) is 12.5. The van der Waals surface area contributed by atoms with Gasteiger partial charge in [0.25, 0.3) is 5.91 Å². The molecule has 2 aromatic carbocycles. The zero-order valence-electron chi connectivity index (χ0n) is 13.9. The molecule has 0 aliphatic carbocycles. The number of carbonyl (C=O) groups excluding carboxylic acids is 3. The van der Waals surface area contributed by atoms with Crippen molar-refractivity contribution in [1.82, 2.24) is 10.2 Å². The molecule has 1 atom stereocenters. The third-order valence-electron chi connectivity index (χ3n) is 4.05. The maximum Gasteiger partial charge on any atom is 0.417 e. The fourth-order valence-electron chi connectivity index (χ4n) is 2.72. The molecule has 1 unspecified atom stereocenters. The number of halogens is 1. The number of cyclic esters (lactones) is 1. The fraction of sp³-hybridized carbons (Fsp3) is 0.211. The van der Waals surface area contributed by atoms with Crippen LogP contribution < -0.4 is 5.32 Å². The summed E-state index contributed by atoms with van der Waals surface area (Å²) in [4.78, 5) is 37.1. The van der Waals surface area contributed by atoms with E-state index in [-0.39, 0.29) is 25.5 Å². The highest BCUT2D eigenvalue weighted by Crippen LogP contribution is 2.19. The Kier molecular flexibility index (Phi) is 5.53. The Morgan fingerprint density at radius 3 is 2.46 bits per heavy atom. The number of carbonyl (C=O) groups is 3. The third kappa shape index (κ3) is 4.21. The predicted molar refractivity (Wildman–Crippen MR) is 95.5 cm³/mol. The first-order valence-corrected chi connectivity index (χ1v) is 8.47. The minimum atomic E-state index is -0.698. The van der Waals surface area contributed by atoms with Crippen molar-refractivity contribution in [3.8, 4) is 0 Å². The second-order valence-electron chi connectivity index (χ2n) is 5.86. The van der Waals surface area contributed by atoms with Gasteiger partial charge in [0.2, 0.25) is 5.91 Å². The van der Waals surface area contributed by atoms with Gasteiger partial charge >= 0.3 is 6.09 Å². The maximum absolute atomic E-state index is 12.5. The summed E-state index contributed by atoms with van der Waals surface area (Å²) >= 11 is 6.10. The maximum atomic E-state index is 12.5. The molecule has 3 amide bonds. The number of rotatable bonds is 6. The van der Waals surface area contributed by atoms with Gasteiger partial charge in [-0.1, -0.05) is 60.1 Å². The van der Waals surface area contributed by atoms with E-state index >= 15 is 0 Å². The van der Waals surface area contributed by atoms with Gasteiger partial charge in [0, 0.05) is 5.02 Å². The van der Waals surface area contributed by atoms with Crippen molar-refractivity contribution in [2.45, 2.75) is 12.5 Å². The molecule has 7 heteroatoms. The Labute approximate surface area is 155 Å². The van der Waals surface area contributed by atoms with Crippen LogP contribution in [0.1, 0.15) is 17.2 Å². The minimum absolute atomic E-state index is 0.00986. The second-order valence-corrected chi connectivity index (χ2v) is 6.27. The van der Waals surface area contributed by atoms with Crippen molar-refractivity contribution in [2.24, 2.45) is 0 Å². The van der Waals surface area contributed by atoms with Crippen LogP contribution >= 0.6 is 11.6 Å². The predicted octanol–water partition coefficient (Wildman–Crippen LogP) is 2.72. The average Bonchev–Trinajstić information content (AvgIpc) is 2.96. The van der Waals surface area contributed by atoms with Gasteiger partial charge in [-0.2, -0.15) is 0 Å². The molecule has 1 fully saturated rings. The summed E-state index contributed by atoms with van der Waals surface area (Å²) in [5.74, 6) is -0.678. The molecule has 0 spiro atoms. The number of benzene rings is 2. The number of amides is 3. The van der Waals surface area contributed by atoms with Crippen molar-refractivity contribution >= 4 is 29.5 Å². The van der Waals surface area contributed by atoms with Gasteiger partial charge in [-0.25, -0.2) is 9.69 Å². The van der Waals surface area contributed by atoms with Gasteiger partial charge in [0.15, 0.2) is 6.61 Å². The molecule has 26 heavy (non-hydrogen) atoms. The van der Waals surface area contributed by atoms with Gasteiger partial charge in [-0.15, -0.1) is 0 Å². The molecule has 6 nitrogen and oxygen atoms in total. The second kappa shape index (κ2) is 8.01. The van der Waals surface area contributed by atoms with E-state index < -0.39 is 18.0 Å². The number of hydrogen-bond donors (Lipinski definition) is 1. The fourth-order valence-corrected chi connectivity index (χ4v) is 2.92. The van der Waals surface area contributed by atoms with Crippen LogP contribution in [0.2, 0.25) is 5.02 Å². The zero-order valence-corrected chi connectivity index (χ0v) is 14.6. The molecule has 1 saturated heterocycles. The molecular weight excluding hydrogens is 356 g/mol. The summed E-state index contributed by atoms with van der Waals surface area (Å²) in [5, 5.41) is 3.39. The van der Waals surface area contributed by atoms with Crippen LogP contribution in [-0.2, 0) is 20.7 Å². The van der Waals surface area contributed by atoms with E-state index in [9.17, 15) is 14.4 Å². The molecule has 3 rings (SSSR count). The lowest BCUT2D eigenvalue weighted by atomic mass is 10.1. The lowest BCUT2D eigenvalue weighted by Crippen LogP contribution is -2.40. The Hall–Kier alpha value is -2.86. The van der Waals surface area contributed by atoms with E-state index in [0.717, 1.165) is 10.5 Å². The zero-order chi connectivity index (χ0) is 18.5. The molecule has 0 saturated carbocycles. The monoisotopic (exact) mass is 372 g/mol. The normalized spacial score (nSPS) is 14.9. The number of hydrogen-bond acceptors (Lipinski definition) is 4. The Bertz CT molecular complexity index is 809. The molecule has 0 radical (unpaired) electrons. The largest absolute Gasteiger partial charge is 0.439 e. The summed E-state index contributed by atoms with van der Waals surface area (Å²) in [5.41, 5.74) is 1.49. The minimum Gasteiger partial charge on any atom is -0.439 e. The molecule has 1 aliphatic heterocycles. The molecule has 0 aromatic heterocycles. The quantitative estimate of drug-likeness (QED) is 0.846. The van der Waals surface area contributed by atoms with Crippen LogP contribution in [0.4, 0.5) is 4.79 Å². The highest BCUT2D eigenvalue weighted by atomic mass is 35.5. The highest BCUT2D eigenvalue weighted by Gasteiger charge is 2.33.